The van der Waals surface area contributed by atoms with E-state index in [0.29, 0.717) is 11.4 Å². The van der Waals surface area contributed by atoms with E-state index in [-0.39, 0.29) is 24.9 Å². The van der Waals surface area contributed by atoms with Crippen molar-refractivity contribution in [2.45, 2.75) is 18.2 Å². The zero-order chi connectivity index (χ0) is 21.2. The standard InChI is InChI=1S/C23H29N3O3S/c1-2-25-13-15-26(16-14-25)20-10-8-19(9-11-20)24-22(27)18-29-23(28)12-17-30-21-6-4-3-5-7-21/h3-11H,2,12-18H2,1H3,(H,24,27). The van der Waals surface area contributed by atoms with Crippen molar-refractivity contribution in [3.8, 4) is 0 Å². The van der Waals surface area contributed by atoms with E-state index in [1.165, 1.54) is 0 Å². The molecule has 30 heavy (non-hydrogen) atoms. The largest absolute Gasteiger partial charge is 0.456 e. The third kappa shape index (κ3) is 7.07. The van der Waals surface area contributed by atoms with Gasteiger partial charge < -0.3 is 19.9 Å². The minimum atomic E-state index is -0.366. The Bertz CT molecular complexity index is 806. The van der Waals surface area contributed by atoms with E-state index >= 15 is 0 Å². The highest BCUT2D eigenvalue weighted by Gasteiger charge is 2.16. The molecule has 0 aliphatic carbocycles. The van der Waals surface area contributed by atoms with Crippen molar-refractivity contribution >= 4 is 35.0 Å². The Morgan fingerprint density at radius 1 is 1.00 bits per heavy atom. The molecule has 7 heteroatoms. The van der Waals surface area contributed by atoms with Crippen LogP contribution in [0.2, 0.25) is 0 Å². The van der Waals surface area contributed by atoms with Gasteiger partial charge >= 0.3 is 5.97 Å². The van der Waals surface area contributed by atoms with Crippen molar-refractivity contribution in [3.05, 3.63) is 54.6 Å². The van der Waals surface area contributed by atoms with Crippen LogP contribution in [0, 0.1) is 0 Å². The minimum absolute atomic E-state index is 0.268. The van der Waals surface area contributed by atoms with Crippen molar-refractivity contribution in [1.82, 2.24) is 4.90 Å². The van der Waals surface area contributed by atoms with Crippen LogP contribution in [0.5, 0.6) is 0 Å². The number of esters is 1. The zero-order valence-corrected chi connectivity index (χ0v) is 18.2. The number of ether oxygens (including phenoxy) is 1. The number of carbonyl (C=O) groups excluding carboxylic acids is 2. The van der Waals surface area contributed by atoms with Crippen LogP contribution < -0.4 is 10.2 Å². The average Bonchev–Trinajstić information content (AvgIpc) is 2.79. The summed E-state index contributed by atoms with van der Waals surface area (Å²) in [5.74, 6) is -0.0724. The second kappa shape index (κ2) is 11.6. The molecule has 1 aliphatic heterocycles. The van der Waals surface area contributed by atoms with Crippen molar-refractivity contribution in [2.24, 2.45) is 0 Å². The highest BCUT2D eigenvalue weighted by atomic mass is 32.2. The molecule has 3 rings (SSSR count). The van der Waals surface area contributed by atoms with Crippen LogP contribution in [0.3, 0.4) is 0 Å². The highest BCUT2D eigenvalue weighted by Crippen LogP contribution is 2.20. The van der Waals surface area contributed by atoms with E-state index < -0.39 is 0 Å². The van der Waals surface area contributed by atoms with Gasteiger partial charge in [-0.2, -0.15) is 0 Å². The van der Waals surface area contributed by atoms with E-state index in [1.807, 2.05) is 54.6 Å². The molecule has 1 fully saturated rings. The van der Waals surface area contributed by atoms with Crippen LogP contribution in [0.15, 0.2) is 59.5 Å². The third-order valence-electron chi connectivity index (χ3n) is 5.02. The molecule has 0 unspecified atom stereocenters. The first kappa shape index (κ1) is 22.2. The molecule has 1 saturated heterocycles. The summed E-state index contributed by atoms with van der Waals surface area (Å²) < 4.78 is 5.08. The Kier molecular flexibility index (Phi) is 8.59. The third-order valence-corrected chi connectivity index (χ3v) is 6.03. The molecule has 0 atom stereocenters. The van der Waals surface area contributed by atoms with Gasteiger partial charge in [0, 0.05) is 48.2 Å². The number of benzene rings is 2. The van der Waals surface area contributed by atoms with Gasteiger partial charge in [-0.1, -0.05) is 25.1 Å². The highest BCUT2D eigenvalue weighted by molar-refractivity contribution is 7.99. The lowest BCUT2D eigenvalue weighted by atomic mass is 10.2. The maximum Gasteiger partial charge on any atom is 0.307 e. The molecule has 0 radical (unpaired) electrons. The maximum absolute atomic E-state index is 12.1. The Hall–Kier alpha value is -2.51. The van der Waals surface area contributed by atoms with E-state index in [0.717, 1.165) is 43.3 Å². The average molecular weight is 428 g/mol. The minimum Gasteiger partial charge on any atom is -0.456 e. The normalized spacial score (nSPS) is 14.4. The molecule has 6 nitrogen and oxygen atoms in total. The molecule has 160 valence electrons. The van der Waals surface area contributed by atoms with Gasteiger partial charge in [0.05, 0.1) is 6.42 Å². The van der Waals surface area contributed by atoms with Crippen LogP contribution in [0.25, 0.3) is 0 Å². The van der Waals surface area contributed by atoms with Crippen LogP contribution in [-0.4, -0.2) is 61.9 Å². The topological polar surface area (TPSA) is 61.9 Å². The molecule has 0 saturated carbocycles. The summed E-state index contributed by atoms with van der Waals surface area (Å²) in [6.45, 7) is 7.18. The van der Waals surface area contributed by atoms with Gasteiger partial charge in [-0.15, -0.1) is 11.8 Å². The molecule has 0 aromatic heterocycles. The van der Waals surface area contributed by atoms with Crippen molar-refractivity contribution < 1.29 is 14.3 Å². The summed E-state index contributed by atoms with van der Waals surface area (Å²) in [6.07, 6.45) is 0.271. The number of likely N-dealkylation sites (N-methyl/N-ethyl adjacent to an activating group) is 1. The van der Waals surface area contributed by atoms with Gasteiger partial charge in [0.1, 0.15) is 0 Å². The zero-order valence-electron chi connectivity index (χ0n) is 17.4. The molecule has 0 bridgehead atoms. The van der Waals surface area contributed by atoms with E-state index in [9.17, 15) is 9.59 Å². The number of carbonyl (C=O) groups is 2. The predicted octanol–water partition coefficient (Wildman–Crippen LogP) is 3.49. The lowest BCUT2D eigenvalue weighted by Gasteiger charge is -2.35. The summed E-state index contributed by atoms with van der Waals surface area (Å²) in [5, 5.41) is 2.78. The number of thioether (sulfide) groups is 1. The second-order valence-corrected chi connectivity index (χ2v) is 8.26. The number of nitrogens with zero attached hydrogens (tertiary/aromatic N) is 2. The fraction of sp³-hybridized carbons (Fsp3) is 0.391. The van der Waals surface area contributed by atoms with Gasteiger partial charge in [-0.25, -0.2) is 0 Å². The first-order chi connectivity index (χ1) is 14.6. The number of amides is 1. The van der Waals surface area contributed by atoms with Crippen LogP contribution in [0.1, 0.15) is 13.3 Å². The van der Waals surface area contributed by atoms with Gasteiger partial charge in [0.25, 0.3) is 5.91 Å². The summed E-state index contributed by atoms with van der Waals surface area (Å²) in [6, 6.07) is 17.7. The molecule has 1 amide bonds. The molecule has 2 aromatic carbocycles. The summed E-state index contributed by atoms with van der Waals surface area (Å²) in [4.78, 5) is 29.8. The van der Waals surface area contributed by atoms with Crippen molar-refractivity contribution in [2.75, 3.05) is 55.3 Å². The van der Waals surface area contributed by atoms with Crippen LogP contribution >= 0.6 is 11.8 Å². The molecular weight excluding hydrogens is 398 g/mol. The molecule has 2 aromatic rings. The van der Waals surface area contributed by atoms with Crippen LogP contribution in [0.4, 0.5) is 11.4 Å². The number of rotatable bonds is 9. The van der Waals surface area contributed by atoms with Gasteiger partial charge in [0.15, 0.2) is 6.61 Å². The van der Waals surface area contributed by atoms with E-state index in [1.54, 1.807) is 11.8 Å². The molecule has 1 N–H and O–H groups in total. The van der Waals surface area contributed by atoms with Gasteiger partial charge in [-0.05, 0) is 42.9 Å². The van der Waals surface area contributed by atoms with E-state index in [2.05, 4.69) is 22.0 Å². The first-order valence-electron chi connectivity index (χ1n) is 10.3. The Labute approximate surface area is 182 Å². The fourth-order valence-electron chi connectivity index (χ4n) is 3.26. The number of anilines is 2. The van der Waals surface area contributed by atoms with Crippen LogP contribution in [-0.2, 0) is 14.3 Å². The fourth-order valence-corrected chi connectivity index (χ4v) is 4.12. The molecule has 0 spiro atoms. The van der Waals surface area contributed by atoms with Crippen molar-refractivity contribution in [3.63, 3.8) is 0 Å². The van der Waals surface area contributed by atoms with Gasteiger partial charge in [-0.3, -0.25) is 9.59 Å². The quantitative estimate of drug-likeness (QED) is 0.488. The monoisotopic (exact) mass is 427 g/mol. The number of piperazine rings is 1. The smallest absolute Gasteiger partial charge is 0.307 e. The second-order valence-electron chi connectivity index (χ2n) is 7.09. The maximum atomic E-state index is 12.1. The summed E-state index contributed by atoms with van der Waals surface area (Å²) in [5.41, 5.74) is 1.86. The SMILES string of the molecule is CCN1CCN(c2ccc(NC(=O)COC(=O)CCSc3ccccc3)cc2)CC1. The van der Waals surface area contributed by atoms with Crippen molar-refractivity contribution in [1.29, 1.82) is 0 Å². The van der Waals surface area contributed by atoms with E-state index in [4.69, 9.17) is 4.74 Å². The lowest BCUT2D eigenvalue weighted by Crippen LogP contribution is -2.46. The Balaban J connectivity index is 1.35. The number of hydrogen-bond acceptors (Lipinski definition) is 6. The molecule has 1 heterocycles. The predicted molar refractivity (Wildman–Crippen MR) is 122 cm³/mol. The summed E-state index contributed by atoms with van der Waals surface area (Å²) in [7, 11) is 0. The lowest BCUT2D eigenvalue weighted by molar-refractivity contribution is -0.146. The first-order valence-corrected chi connectivity index (χ1v) is 11.3. The molecular formula is C23H29N3O3S. The summed E-state index contributed by atoms with van der Waals surface area (Å²) >= 11 is 1.59. The van der Waals surface area contributed by atoms with Gasteiger partial charge in [0.2, 0.25) is 0 Å². The molecule has 1 aliphatic rings. The number of nitrogens with one attached hydrogen (secondary N) is 1. The Morgan fingerprint density at radius 2 is 1.70 bits per heavy atom. The number of hydrogen-bond donors (Lipinski definition) is 1. The Morgan fingerprint density at radius 3 is 2.37 bits per heavy atom.